The highest BCUT2D eigenvalue weighted by Gasteiger charge is 2.07. The normalized spacial score (nSPS) is 11.3. The van der Waals surface area contributed by atoms with Gasteiger partial charge in [0.15, 0.2) is 5.65 Å². The van der Waals surface area contributed by atoms with Gasteiger partial charge in [0.1, 0.15) is 18.1 Å². The van der Waals surface area contributed by atoms with Crippen LogP contribution in [0.15, 0.2) is 35.0 Å². The fourth-order valence-corrected chi connectivity index (χ4v) is 2.27. The van der Waals surface area contributed by atoms with Crippen LogP contribution in [0.25, 0.3) is 11.0 Å². The van der Waals surface area contributed by atoms with Crippen LogP contribution in [0.1, 0.15) is 23.5 Å². The molecule has 0 aliphatic heterocycles. The first-order valence-electron chi connectivity index (χ1n) is 6.73. The van der Waals surface area contributed by atoms with Gasteiger partial charge in [-0.1, -0.05) is 0 Å². The average Bonchev–Trinajstić information content (AvgIpc) is 3.04. The molecule has 0 atom stereocenters. The van der Waals surface area contributed by atoms with Crippen molar-refractivity contribution in [1.82, 2.24) is 14.8 Å². The van der Waals surface area contributed by atoms with Crippen LogP contribution >= 0.6 is 0 Å². The second kappa shape index (κ2) is 5.46. The number of hydrogen-bond acceptors (Lipinski definition) is 4. The largest absolute Gasteiger partial charge is 0.464 e. The number of pyridine rings is 1. The molecule has 0 saturated heterocycles. The Morgan fingerprint density at radius 1 is 1.30 bits per heavy atom. The summed E-state index contributed by atoms with van der Waals surface area (Å²) in [7, 11) is 0. The van der Waals surface area contributed by atoms with E-state index in [-0.39, 0.29) is 6.61 Å². The van der Waals surface area contributed by atoms with E-state index in [9.17, 15) is 0 Å². The summed E-state index contributed by atoms with van der Waals surface area (Å²) in [6, 6.07) is 5.98. The lowest BCUT2D eigenvalue weighted by atomic mass is 10.1. The maximum absolute atomic E-state index is 8.86. The van der Waals surface area contributed by atoms with E-state index in [4.69, 9.17) is 9.52 Å². The minimum absolute atomic E-state index is 0.204. The molecule has 5 nitrogen and oxygen atoms in total. The van der Waals surface area contributed by atoms with E-state index >= 15 is 0 Å². The molecular formula is C15H17N3O2. The van der Waals surface area contributed by atoms with E-state index in [0.29, 0.717) is 6.54 Å². The van der Waals surface area contributed by atoms with E-state index in [1.807, 2.05) is 36.1 Å². The summed E-state index contributed by atoms with van der Waals surface area (Å²) in [5, 5.41) is 14.2. The van der Waals surface area contributed by atoms with Gasteiger partial charge in [0.25, 0.3) is 0 Å². The van der Waals surface area contributed by atoms with Crippen molar-refractivity contribution in [3.05, 3.63) is 47.7 Å². The summed E-state index contributed by atoms with van der Waals surface area (Å²) in [5.41, 5.74) is 1.98. The molecule has 0 unspecified atom stereocenters. The molecule has 0 fully saturated rings. The van der Waals surface area contributed by atoms with Crippen LogP contribution in [0.3, 0.4) is 0 Å². The lowest BCUT2D eigenvalue weighted by Gasteiger charge is -2.02. The SMILES string of the molecule is Cc1ccc(Cn2ncc3cc(CCCO)cnc32)o1. The van der Waals surface area contributed by atoms with Crippen molar-refractivity contribution in [2.75, 3.05) is 6.61 Å². The molecule has 0 aliphatic carbocycles. The standard InChI is InChI=1S/C15H17N3O2/c1-11-4-5-14(20-11)10-18-15-13(9-17-18)7-12(8-16-15)3-2-6-19/h4-5,7-9,19H,2-3,6,10H2,1H3. The van der Waals surface area contributed by atoms with Crippen LogP contribution in [-0.4, -0.2) is 26.5 Å². The maximum Gasteiger partial charge on any atom is 0.158 e. The van der Waals surface area contributed by atoms with Gasteiger partial charge < -0.3 is 9.52 Å². The zero-order valence-electron chi connectivity index (χ0n) is 11.4. The fourth-order valence-electron chi connectivity index (χ4n) is 2.27. The van der Waals surface area contributed by atoms with Crippen molar-refractivity contribution in [3.8, 4) is 0 Å². The number of nitrogens with zero attached hydrogens (tertiary/aromatic N) is 3. The third-order valence-electron chi connectivity index (χ3n) is 3.26. The second-order valence-corrected chi connectivity index (χ2v) is 4.90. The van der Waals surface area contributed by atoms with Crippen molar-refractivity contribution in [2.24, 2.45) is 0 Å². The van der Waals surface area contributed by atoms with Gasteiger partial charge >= 0.3 is 0 Å². The number of rotatable bonds is 5. The Morgan fingerprint density at radius 2 is 2.20 bits per heavy atom. The first-order chi connectivity index (χ1) is 9.76. The van der Waals surface area contributed by atoms with Crippen LogP contribution in [0.5, 0.6) is 0 Å². The monoisotopic (exact) mass is 271 g/mol. The molecule has 0 amide bonds. The molecule has 5 heteroatoms. The summed E-state index contributed by atoms with van der Waals surface area (Å²) < 4.78 is 7.40. The molecule has 0 bridgehead atoms. The van der Waals surface area contributed by atoms with E-state index in [1.54, 1.807) is 0 Å². The van der Waals surface area contributed by atoms with Gasteiger partial charge in [0.2, 0.25) is 0 Å². The Hall–Kier alpha value is -2.14. The fraction of sp³-hybridized carbons (Fsp3) is 0.333. The Labute approximate surface area is 116 Å². The zero-order chi connectivity index (χ0) is 13.9. The Kier molecular flexibility index (Phi) is 3.52. The summed E-state index contributed by atoms with van der Waals surface area (Å²) >= 11 is 0. The number of aliphatic hydroxyl groups is 1. The molecular weight excluding hydrogens is 254 g/mol. The summed E-state index contributed by atoms with van der Waals surface area (Å²) in [5.74, 6) is 1.77. The van der Waals surface area contributed by atoms with Crippen LogP contribution in [0.2, 0.25) is 0 Å². The zero-order valence-corrected chi connectivity index (χ0v) is 11.4. The number of hydrogen-bond donors (Lipinski definition) is 1. The van der Waals surface area contributed by atoms with Crippen molar-refractivity contribution in [1.29, 1.82) is 0 Å². The van der Waals surface area contributed by atoms with Crippen molar-refractivity contribution in [3.63, 3.8) is 0 Å². The molecule has 3 rings (SSSR count). The number of fused-ring (bicyclic) bond motifs is 1. The van der Waals surface area contributed by atoms with Crippen LogP contribution in [0.4, 0.5) is 0 Å². The van der Waals surface area contributed by atoms with E-state index in [2.05, 4.69) is 16.1 Å². The highest BCUT2D eigenvalue weighted by atomic mass is 16.3. The van der Waals surface area contributed by atoms with Gasteiger partial charge in [-0.15, -0.1) is 0 Å². The van der Waals surface area contributed by atoms with Crippen molar-refractivity contribution in [2.45, 2.75) is 26.3 Å². The minimum Gasteiger partial charge on any atom is -0.464 e. The molecule has 1 N–H and O–H groups in total. The molecule has 0 aromatic carbocycles. The smallest absolute Gasteiger partial charge is 0.158 e. The highest BCUT2D eigenvalue weighted by molar-refractivity contribution is 5.75. The predicted octanol–water partition coefficient (Wildman–Crippen LogP) is 2.31. The number of furan rings is 1. The molecule has 20 heavy (non-hydrogen) atoms. The minimum atomic E-state index is 0.204. The highest BCUT2D eigenvalue weighted by Crippen LogP contribution is 2.16. The number of aliphatic hydroxyl groups excluding tert-OH is 1. The molecule has 3 aromatic heterocycles. The molecule has 0 saturated carbocycles. The predicted molar refractivity (Wildman–Crippen MR) is 75.5 cm³/mol. The molecule has 104 valence electrons. The Bertz CT molecular complexity index is 715. The van der Waals surface area contributed by atoms with Crippen molar-refractivity contribution < 1.29 is 9.52 Å². The molecule has 0 spiro atoms. The average molecular weight is 271 g/mol. The lowest BCUT2D eigenvalue weighted by molar-refractivity contribution is 0.288. The van der Waals surface area contributed by atoms with Crippen LogP contribution in [-0.2, 0) is 13.0 Å². The molecule has 0 aliphatic rings. The molecule has 3 aromatic rings. The van der Waals surface area contributed by atoms with Gasteiger partial charge in [-0.25, -0.2) is 9.67 Å². The third-order valence-corrected chi connectivity index (χ3v) is 3.26. The van der Waals surface area contributed by atoms with Crippen LogP contribution in [0, 0.1) is 6.92 Å². The van der Waals surface area contributed by atoms with Gasteiger partial charge in [-0.2, -0.15) is 5.10 Å². The molecule has 3 heterocycles. The lowest BCUT2D eigenvalue weighted by Crippen LogP contribution is -2.01. The number of aromatic nitrogens is 3. The van der Waals surface area contributed by atoms with Crippen molar-refractivity contribution >= 4 is 11.0 Å². The summed E-state index contributed by atoms with van der Waals surface area (Å²) in [4.78, 5) is 4.47. The summed E-state index contributed by atoms with van der Waals surface area (Å²) in [6.07, 6.45) is 5.26. The van der Waals surface area contributed by atoms with Gasteiger partial charge in [-0.05, 0) is 43.5 Å². The first kappa shape index (κ1) is 12.9. The van der Waals surface area contributed by atoms with E-state index in [0.717, 1.165) is 41.0 Å². The molecule has 0 radical (unpaired) electrons. The number of aryl methyl sites for hydroxylation is 2. The third kappa shape index (κ3) is 2.58. The Balaban J connectivity index is 1.85. The van der Waals surface area contributed by atoms with Gasteiger partial charge in [0.05, 0.1) is 6.20 Å². The topological polar surface area (TPSA) is 64.1 Å². The quantitative estimate of drug-likeness (QED) is 0.773. The first-order valence-corrected chi connectivity index (χ1v) is 6.73. The summed E-state index contributed by atoms with van der Waals surface area (Å²) in [6.45, 7) is 2.71. The van der Waals surface area contributed by atoms with Crippen LogP contribution < -0.4 is 0 Å². The Morgan fingerprint density at radius 3 is 2.95 bits per heavy atom. The maximum atomic E-state index is 8.86. The van der Waals surface area contributed by atoms with E-state index < -0.39 is 0 Å². The van der Waals surface area contributed by atoms with Gasteiger partial charge in [0, 0.05) is 18.2 Å². The second-order valence-electron chi connectivity index (χ2n) is 4.90. The van der Waals surface area contributed by atoms with Gasteiger partial charge in [-0.3, -0.25) is 0 Å². The van der Waals surface area contributed by atoms with E-state index in [1.165, 1.54) is 0 Å².